The van der Waals surface area contributed by atoms with Crippen molar-refractivity contribution in [2.45, 2.75) is 64.8 Å². The van der Waals surface area contributed by atoms with Crippen LogP contribution in [0.25, 0.3) is 0 Å². The number of nitrogens with two attached hydrogens (primary N) is 1. The van der Waals surface area contributed by atoms with E-state index in [9.17, 15) is 19.2 Å². The fraction of sp³-hybridized carbons (Fsp3) is 0.379. The number of carbonyl (C=O) groups excluding carboxylic acids is 4. The van der Waals surface area contributed by atoms with Crippen molar-refractivity contribution in [2.75, 3.05) is 6.54 Å². The minimum atomic E-state index is -1.16. The van der Waals surface area contributed by atoms with Gasteiger partial charge in [0.2, 0.25) is 17.7 Å². The number of hydrogen-bond acceptors (Lipinski definition) is 5. The second kappa shape index (κ2) is 14.0. The zero-order valence-electron chi connectivity index (χ0n) is 22.5. The lowest BCUT2D eigenvalue weighted by Crippen LogP contribution is -2.53. The Hall–Kier alpha value is -4.14. The molecule has 0 spiro atoms. The fourth-order valence-electron chi connectivity index (χ4n) is 3.76. The lowest BCUT2D eigenvalue weighted by Gasteiger charge is -2.34. The molecule has 0 radical (unpaired) electrons. The van der Waals surface area contributed by atoms with Crippen LogP contribution in [0.4, 0.5) is 4.79 Å². The number of benzene rings is 2. The van der Waals surface area contributed by atoms with E-state index in [1.165, 1.54) is 11.0 Å². The summed E-state index contributed by atoms with van der Waals surface area (Å²) in [5.74, 6) is -1.60. The van der Waals surface area contributed by atoms with Crippen LogP contribution in [0.15, 0.2) is 67.3 Å². The van der Waals surface area contributed by atoms with Gasteiger partial charge in [-0.2, -0.15) is 0 Å². The lowest BCUT2D eigenvalue weighted by molar-refractivity contribution is -0.142. The maximum Gasteiger partial charge on any atom is 0.408 e. The average Bonchev–Trinajstić information content (AvgIpc) is 2.85. The highest BCUT2D eigenvalue weighted by atomic mass is 16.6. The summed E-state index contributed by atoms with van der Waals surface area (Å²) in [4.78, 5) is 52.9. The van der Waals surface area contributed by atoms with Gasteiger partial charge in [0.15, 0.2) is 0 Å². The molecule has 9 heteroatoms. The van der Waals surface area contributed by atoms with Crippen LogP contribution in [0.2, 0.25) is 0 Å². The first kappa shape index (κ1) is 30.1. The normalized spacial score (nSPS) is 12.5. The van der Waals surface area contributed by atoms with E-state index in [1.54, 1.807) is 32.9 Å². The molecule has 0 aliphatic carbocycles. The summed E-state index contributed by atoms with van der Waals surface area (Å²) in [5, 5.41) is 5.47. The molecular weight excluding hydrogens is 484 g/mol. The largest absolute Gasteiger partial charge is 0.444 e. The second-order valence-corrected chi connectivity index (χ2v) is 10.00. The summed E-state index contributed by atoms with van der Waals surface area (Å²) in [6.07, 6.45) is 0.471. The third-order valence-corrected chi connectivity index (χ3v) is 5.54. The summed E-state index contributed by atoms with van der Waals surface area (Å²) >= 11 is 0. The molecule has 0 bridgehead atoms. The first-order valence-electron chi connectivity index (χ1n) is 12.5. The van der Waals surface area contributed by atoms with Gasteiger partial charge in [0.25, 0.3) is 0 Å². The van der Waals surface area contributed by atoms with Gasteiger partial charge in [0.1, 0.15) is 17.7 Å². The minimum Gasteiger partial charge on any atom is -0.444 e. The molecule has 2 aromatic rings. The summed E-state index contributed by atoms with van der Waals surface area (Å²) in [5.41, 5.74) is 7.00. The Kier molecular flexibility index (Phi) is 11.1. The molecule has 0 saturated heterocycles. The molecule has 2 rings (SSSR count). The monoisotopic (exact) mass is 522 g/mol. The van der Waals surface area contributed by atoms with Crippen molar-refractivity contribution in [2.24, 2.45) is 5.73 Å². The van der Waals surface area contributed by atoms with Gasteiger partial charge in [0.05, 0.1) is 0 Å². The van der Waals surface area contributed by atoms with Crippen molar-refractivity contribution in [1.29, 1.82) is 0 Å². The number of carbonyl (C=O) groups is 4. The topological polar surface area (TPSA) is 131 Å². The Bertz CT molecular complexity index is 1110. The van der Waals surface area contributed by atoms with Gasteiger partial charge in [-0.1, -0.05) is 66.2 Å². The van der Waals surface area contributed by atoms with Gasteiger partial charge < -0.3 is 26.0 Å². The van der Waals surface area contributed by atoms with E-state index in [-0.39, 0.29) is 25.9 Å². The molecular formula is C29H38N4O5. The highest BCUT2D eigenvalue weighted by Gasteiger charge is 2.35. The van der Waals surface area contributed by atoms with Crippen LogP contribution >= 0.6 is 0 Å². The number of aryl methyl sites for hydroxylation is 1. The van der Waals surface area contributed by atoms with Crippen LogP contribution in [-0.4, -0.2) is 46.9 Å². The average molecular weight is 523 g/mol. The van der Waals surface area contributed by atoms with Crippen molar-refractivity contribution < 1.29 is 23.9 Å². The maximum atomic E-state index is 13.9. The van der Waals surface area contributed by atoms with Crippen molar-refractivity contribution in [3.63, 3.8) is 0 Å². The Labute approximate surface area is 224 Å². The maximum absolute atomic E-state index is 13.9. The SMILES string of the molecule is C=CCN(C(=O)C(CCC(N)=O)NC(=O)OC(C)(C)C)C(C(=O)NCc1ccccc1)c1ccc(C)cc1. The molecule has 204 valence electrons. The number of primary amides is 1. The first-order valence-corrected chi connectivity index (χ1v) is 12.5. The summed E-state index contributed by atoms with van der Waals surface area (Å²) in [6, 6.07) is 14.5. The third-order valence-electron chi connectivity index (χ3n) is 5.54. The van der Waals surface area contributed by atoms with Gasteiger partial charge in [-0.25, -0.2) is 4.79 Å². The van der Waals surface area contributed by atoms with Gasteiger partial charge in [0, 0.05) is 19.5 Å². The Balaban J connectivity index is 2.42. The van der Waals surface area contributed by atoms with E-state index >= 15 is 0 Å². The van der Waals surface area contributed by atoms with E-state index in [0.717, 1.165) is 11.1 Å². The number of alkyl carbamates (subject to hydrolysis) is 1. The van der Waals surface area contributed by atoms with Crippen molar-refractivity contribution in [3.05, 3.63) is 83.9 Å². The molecule has 0 aromatic heterocycles. The molecule has 2 atom stereocenters. The zero-order valence-corrected chi connectivity index (χ0v) is 22.5. The minimum absolute atomic E-state index is 0.0131. The van der Waals surface area contributed by atoms with Crippen molar-refractivity contribution in [3.8, 4) is 0 Å². The Morgan fingerprint density at radius 1 is 1.05 bits per heavy atom. The smallest absolute Gasteiger partial charge is 0.408 e. The molecule has 0 aliphatic rings. The molecule has 0 saturated carbocycles. The highest BCUT2D eigenvalue weighted by molar-refractivity contribution is 5.92. The predicted molar refractivity (Wildman–Crippen MR) is 146 cm³/mol. The van der Waals surface area contributed by atoms with E-state index in [4.69, 9.17) is 10.5 Å². The Morgan fingerprint density at radius 3 is 2.24 bits per heavy atom. The molecule has 2 aromatic carbocycles. The number of ether oxygens (including phenoxy) is 1. The third kappa shape index (κ3) is 9.72. The summed E-state index contributed by atoms with van der Waals surface area (Å²) < 4.78 is 5.32. The predicted octanol–water partition coefficient (Wildman–Crippen LogP) is 3.53. The molecule has 4 amide bonds. The highest BCUT2D eigenvalue weighted by Crippen LogP contribution is 2.24. The molecule has 9 nitrogen and oxygen atoms in total. The molecule has 0 aliphatic heterocycles. The van der Waals surface area contributed by atoms with Crippen LogP contribution in [0.5, 0.6) is 0 Å². The first-order chi connectivity index (χ1) is 17.9. The quantitative estimate of drug-likeness (QED) is 0.367. The summed E-state index contributed by atoms with van der Waals surface area (Å²) in [6.45, 7) is 11.0. The van der Waals surface area contributed by atoms with Crippen molar-refractivity contribution >= 4 is 23.8 Å². The van der Waals surface area contributed by atoms with E-state index < -0.39 is 41.5 Å². The van der Waals surface area contributed by atoms with Crippen LogP contribution < -0.4 is 16.4 Å². The van der Waals surface area contributed by atoms with Crippen LogP contribution in [0, 0.1) is 6.92 Å². The molecule has 38 heavy (non-hydrogen) atoms. The van der Waals surface area contributed by atoms with E-state index in [1.807, 2.05) is 49.4 Å². The number of nitrogens with zero attached hydrogens (tertiary/aromatic N) is 1. The summed E-state index contributed by atoms with van der Waals surface area (Å²) in [7, 11) is 0. The van der Waals surface area contributed by atoms with Crippen molar-refractivity contribution in [1.82, 2.24) is 15.5 Å². The van der Waals surface area contributed by atoms with Crippen LogP contribution in [0.1, 0.15) is 56.3 Å². The number of nitrogens with one attached hydrogen (secondary N) is 2. The van der Waals surface area contributed by atoms with Gasteiger partial charge in [-0.15, -0.1) is 6.58 Å². The Morgan fingerprint density at radius 2 is 1.68 bits per heavy atom. The fourth-order valence-corrected chi connectivity index (χ4v) is 3.76. The standard InChI is InChI=1S/C29H38N4O5/c1-6-18-33(27(36)23(16-17-24(30)34)32-28(37)38-29(3,4)5)25(22-14-12-20(2)13-15-22)26(35)31-19-21-10-8-7-9-11-21/h6-15,23,25H,1,16-19H2,2-5H3,(H2,30,34)(H,31,35)(H,32,37). The van der Waals surface area contributed by atoms with Crippen LogP contribution in [0.3, 0.4) is 0 Å². The number of amides is 4. The molecule has 0 heterocycles. The number of hydrogen-bond donors (Lipinski definition) is 3. The van der Waals surface area contributed by atoms with Gasteiger partial charge >= 0.3 is 6.09 Å². The number of rotatable bonds is 12. The van der Waals surface area contributed by atoms with Gasteiger partial charge in [-0.05, 0) is 45.2 Å². The second-order valence-electron chi connectivity index (χ2n) is 10.00. The van der Waals surface area contributed by atoms with Gasteiger partial charge in [-0.3, -0.25) is 14.4 Å². The zero-order chi connectivity index (χ0) is 28.3. The molecule has 0 fully saturated rings. The molecule has 4 N–H and O–H groups in total. The molecule has 2 unspecified atom stereocenters. The van der Waals surface area contributed by atoms with E-state index in [2.05, 4.69) is 17.2 Å². The lowest BCUT2D eigenvalue weighted by atomic mass is 10.0. The van der Waals surface area contributed by atoms with E-state index in [0.29, 0.717) is 5.56 Å². The van der Waals surface area contributed by atoms with Crippen LogP contribution in [-0.2, 0) is 25.7 Å².